The third-order valence-electron chi connectivity index (χ3n) is 2.46. The molecule has 0 heterocycles. The lowest BCUT2D eigenvalue weighted by atomic mass is 9.88. The first kappa shape index (κ1) is 9.19. The minimum absolute atomic E-state index is 0.186. The van der Waals surface area contributed by atoms with E-state index in [4.69, 9.17) is 0 Å². The normalized spacial score (nSPS) is 30.9. The van der Waals surface area contributed by atoms with Crippen molar-refractivity contribution in [3.63, 3.8) is 0 Å². The van der Waals surface area contributed by atoms with Gasteiger partial charge in [0.05, 0.1) is 0 Å². The first-order chi connectivity index (χ1) is 5.02. The summed E-state index contributed by atoms with van der Waals surface area (Å²) >= 11 is 0. The minimum atomic E-state index is -0.618. The maximum atomic E-state index is 12.9. The number of rotatable bonds is 0. The summed E-state index contributed by atoms with van der Waals surface area (Å²) in [6.45, 7) is 4.34. The molecule has 2 atom stereocenters. The smallest absolute Gasteiger partial charge is 0.104 e. The van der Waals surface area contributed by atoms with E-state index in [1.54, 1.807) is 0 Å². The Morgan fingerprint density at radius 2 is 2.27 bits per heavy atom. The van der Waals surface area contributed by atoms with Gasteiger partial charge in [-0.3, -0.25) is 0 Å². The van der Waals surface area contributed by atoms with Crippen LogP contribution in [0.4, 0.5) is 4.39 Å². The van der Waals surface area contributed by atoms with Gasteiger partial charge in [-0.15, -0.1) is 9.24 Å². The van der Waals surface area contributed by atoms with E-state index in [2.05, 4.69) is 23.1 Å². The van der Waals surface area contributed by atoms with Crippen molar-refractivity contribution in [2.75, 3.05) is 0 Å². The molecule has 0 amide bonds. The van der Waals surface area contributed by atoms with Crippen molar-refractivity contribution in [1.29, 1.82) is 0 Å². The fourth-order valence-corrected chi connectivity index (χ4v) is 1.59. The molecule has 0 aliphatic heterocycles. The molecule has 0 saturated heterocycles. The number of halogens is 1. The van der Waals surface area contributed by atoms with Gasteiger partial charge in [0.15, 0.2) is 0 Å². The van der Waals surface area contributed by atoms with E-state index in [0.717, 1.165) is 6.42 Å². The van der Waals surface area contributed by atoms with Crippen LogP contribution < -0.4 is 0 Å². The van der Waals surface area contributed by atoms with E-state index in [-0.39, 0.29) is 5.41 Å². The van der Waals surface area contributed by atoms with Crippen molar-refractivity contribution in [2.45, 2.75) is 39.3 Å². The summed E-state index contributed by atoms with van der Waals surface area (Å²) in [5.74, 6) is 0. The minimum Gasteiger partial charge on any atom is -0.247 e. The number of allylic oxidation sites excluding steroid dienone is 2. The zero-order valence-electron chi connectivity index (χ0n) is 7.23. The van der Waals surface area contributed by atoms with Crippen molar-refractivity contribution in [2.24, 2.45) is 5.41 Å². The highest BCUT2D eigenvalue weighted by Gasteiger charge is 2.24. The van der Waals surface area contributed by atoms with E-state index < -0.39 is 6.17 Å². The molecule has 1 aliphatic rings. The highest BCUT2D eigenvalue weighted by molar-refractivity contribution is 7.22. The summed E-state index contributed by atoms with van der Waals surface area (Å²) in [5, 5.41) is 1.26. The zero-order valence-corrected chi connectivity index (χ0v) is 8.39. The summed E-state index contributed by atoms with van der Waals surface area (Å²) in [7, 11) is 2.72. The fourth-order valence-electron chi connectivity index (χ4n) is 1.31. The summed E-state index contributed by atoms with van der Waals surface area (Å²) in [4.78, 5) is 0. The van der Waals surface area contributed by atoms with Crippen LogP contribution in [0, 0.1) is 5.41 Å². The average Bonchev–Trinajstić information content (AvgIpc) is 2.03. The number of hydrogen-bond donors (Lipinski definition) is 0. The molecule has 0 N–H and O–H groups in total. The Balaban J connectivity index is 2.72. The highest BCUT2D eigenvalue weighted by Crippen LogP contribution is 2.39. The molecule has 0 saturated carbocycles. The van der Waals surface area contributed by atoms with E-state index in [1.165, 1.54) is 5.31 Å². The molecular weight excluding hydrogens is 158 g/mol. The van der Waals surface area contributed by atoms with E-state index in [0.29, 0.717) is 12.8 Å². The van der Waals surface area contributed by atoms with Gasteiger partial charge >= 0.3 is 0 Å². The molecule has 0 radical (unpaired) electrons. The standard InChI is InChI=1S/C9H16FP/c1-9(2)6-5-7(10)3-4-8(9)11/h4,7H,3,5-6,11H2,1-2H3. The van der Waals surface area contributed by atoms with Gasteiger partial charge in [-0.2, -0.15) is 0 Å². The molecule has 64 valence electrons. The third kappa shape index (κ3) is 2.27. The molecule has 0 fully saturated rings. The largest absolute Gasteiger partial charge is 0.247 e. The molecule has 1 rings (SSSR count). The van der Waals surface area contributed by atoms with Gasteiger partial charge in [-0.25, -0.2) is 4.39 Å². The monoisotopic (exact) mass is 174 g/mol. The van der Waals surface area contributed by atoms with Gasteiger partial charge < -0.3 is 0 Å². The Kier molecular flexibility index (Phi) is 2.70. The summed E-state index contributed by atoms with van der Waals surface area (Å²) in [6, 6.07) is 0. The number of hydrogen-bond acceptors (Lipinski definition) is 0. The Labute approximate surface area is 70.5 Å². The molecule has 0 spiro atoms. The molecule has 0 nitrogen and oxygen atoms in total. The molecule has 0 bridgehead atoms. The van der Waals surface area contributed by atoms with Crippen LogP contribution in [-0.4, -0.2) is 6.17 Å². The molecule has 0 aromatic heterocycles. The summed E-state index contributed by atoms with van der Waals surface area (Å²) in [6.07, 6.45) is 3.67. The first-order valence-corrected chi connectivity index (χ1v) is 4.70. The quantitative estimate of drug-likeness (QED) is 0.494. The van der Waals surface area contributed by atoms with Gasteiger partial charge in [-0.05, 0) is 24.7 Å². The van der Waals surface area contributed by atoms with Gasteiger partial charge in [0, 0.05) is 0 Å². The Hall–Kier alpha value is 0.100. The van der Waals surface area contributed by atoms with Crippen molar-refractivity contribution < 1.29 is 4.39 Å². The van der Waals surface area contributed by atoms with Gasteiger partial charge in [0.1, 0.15) is 6.17 Å². The van der Waals surface area contributed by atoms with E-state index in [1.807, 2.05) is 6.08 Å². The Morgan fingerprint density at radius 3 is 2.91 bits per heavy atom. The van der Waals surface area contributed by atoms with Crippen LogP contribution in [0.25, 0.3) is 0 Å². The van der Waals surface area contributed by atoms with Crippen LogP contribution in [0.15, 0.2) is 11.4 Å². The van der Waals surface area contributed by atoms with Crippen LogP contribution in [0.1, 0.15) is 33.1 Å². The van der Waals surface area contributed by atoms with Gasteiger partial charge in [0.25, 0.3) is 0 Å². The Bertz CT molecular complexity index is 172. The predicted molar refractivity (Wildman–Crippen MR) is 50.3 cm³/mol. The topological polar surface area (TPSA) is 0 Å². The average molecular weight is 174 g/mol. The lowest BCUT2D eigenvalue weighted by Crippen LogP contribution is -2.10. The molecule has 0 aromatic carbocycles. The van der Waals surface area contributed by atoms with Crippen LogP contribution in [0.5, 0.6) is 0 Å². The van der Waals surface area contributed by atoms with Crippen molar-refractivity contribution in [3.05, 3.63) is 11.4 Å². The SMILES string of the molecule is CC1(C)CCC(F)CC=C1P. The first-order valence-electron chi connectivity index (χ1n) is 4.12. The summed E-state index contributed by atoms with van der Waals surface area (Å²) < 4.78 is 12.9. The van der Waals surface area contributed by atoms with E-state index in [9.17, 15) is 4.39 Å². The van der Waals surface area contributed by atoms with Crippen molar-refractivity contribution >= 4 is 9.24 Å². The molecule has 2 unspecified atom stereocenters. The maximum Gasteiger partial charge on any atom is 0.104 e. The van der Waals surface area contributed by atoms with Crippen LogP contribution >= 0.6 is 9.24 Å². The molecule has 2 heteroatoms. The second kappa shape index (κ2) is 3.23. The van der Waals surface area contributed by atoms with Crippen LogP contribution in [0.2, 0.25) is 0 Å². The third-order valence-corrected chi connectivity index (χ3v) is 3.47. The predicted octanol–water partition coefficient (Wildman–Crippen LogP) is 3.29. The van der Waals surface area contributed by atoms with Crippen LogP contribution in [0.3, 0.4) is 0 Å². The van der Waals surface area contributed by atoms with Gasteiger partial charge in [0.2, 0.25) is 0 Å². The number of alkyl halides is 1. The Morgan fingerprint density at radius 1 is 1.64 bits per heavy atom. The van der Waals surface area contributed by atoms with E-state index >= 15 is 0 Å². The fraction of sp³-hybridized carbons (Fsp3) is 0.778. The van der Waals surface area contributed by atoms with Crippen molar-refractivity contribution in [1.82, 2.24) is 0 Å². The molecule has 11 heavy (non-hydrogen) atoms. The lowest BCUT2D eigenvalue weighted by Gasteiger charge is -2.23. The zero-order chi connectivity index (χ0) is 8.48. The molecule has 1 aliphatic carbocycles. The maximum absolute atomic E-state index is 12.9. The highest BCUT2D eigenvalue weighted by atomic mass is 31.0. The molecular formula is C9H16FP. The van der Waals surface area contributed by atoms with Crippen LogP contribution in [-0.2, 0) is 0 Å². The van der Waals surface area contributed by atoms with Crippen molar-refractivity contribution in [3.8, 4) is 0 Å². The second-order valence-corrected chi connectivity index (χ2v) is 4.54. The summed E-state index contributed by atoms with van der Waals surface area (Å²) in [5.41, 5.74) is 0.186. The molecule has 0 aromatic rings. The lowest BCUT2D eigenvalue weighted by molar-refractivity contribution is 0.285. The second-order valence-electron chi connectivity index (χ2n) is 3.92. The van der Waals surface area contributed by atoms with Gasteiger partial charge in [-0.1, -0.05) is 25.2 Å².